The van der Waals surface area contributed by atoms with Crippen molar-refractivity contribution in [2.45, 2.75) is 51.7 Å². The predicted octanol–water partition coefficient (Wildman–Crippen LogP) is 4.05. The lowest BCUT2D eigenvalue weighted by molar-refractivity contribution is -0.125. The number of carbonyl (C=O) groups excluding carboxylic acids is 2. The van der Waals surface area contributed by atoms with E-state index in [0.29, 0.717) is 17.3 Å². The Balaban J connectivity index is 1.66. The summed E-state index contributed by atoms with van der Waals surface area (Å²) in [6.07, 6.45) is 3.09. The molecule has 1 fully saturated rings. The topological polar surface area (TPSA) is 49.4 Å². The molecule has 1 atom stereocenters. The van der Waals surface area contributed by atoms with Crippen molar-refractivity contribution in [1.29, 1.82) is 0 Å². The molecule has 4 nitrogen and oxygen atoms in total. The summed E-state index contributed by atoms with van der Waals surface area (Å²) >= 11 is 6.66. The van der Waals surface area contributed by atoms with E-state index in [4.69, 9.17) is 12.2 Å². The molecule has 1 aliphatic heterocycles. The van der Waals surface area contributed by atoms with Gasteiger partial charge in [-0.05, 0) is 45.2 Å². The SMILES string of the molecule is Cc1ccc(NC(=O)CCCCCN2C(=O)C(C)SC2=S)c(C)c1. The number of carbonyl (C=O) groups is 2. The van der Waals surface area contributed by atoms with Crippen LogP contribution in [0.4, 0.5) is 5.69 Å². The molecule has 24 heavy (non-hydrogen) atoms. The Kier molecular flexibility index (Phi) is 6.80. The van der Waals surface area contributed by atoms with Crippen LogP contribution in [0, 0.1) is 13.8 Å². The van der Waals surface area contributed by atoms with E-state index in [1.54, 1.807) is 4.90 Å². The molecule has 6 heteroatoms. The van der Waals surface area contributed by atoms with E-state index in [2.05, 4.69) is 11.4 Å². The summed E-state index contributed by atoms with van der Waals surface area (Å²) in [6.45, 7) is 6.58. The number of unbranched alkanes of at least 4 members (excludes halogenated alkanes) is 2. The second kappa shape index (κ2) is 8.62. The molecule has 0 aromatic heterocycles. The van der Waals surface area contributed by atoms with Crippen molar-refractivity contribution in [3.63, 3.8) is 0 Å². The van der Waals surface area contributed by atoms with Gasteiger partial charge >= 0.3 is 0 Å². The van der Waals surface area contributed by atoms with Crippen LogP contribution in [0.2, 0.25) is 0 Å². The second-order valence-electron chi connectivity index (χ2n) is 6.19. The lowest BCUT2D eigenvalue weighted by Crippen LogP contribution is -2.31. The Hall–Kier alpha value is -1.40. The first-order valence-corrected chi connectivity index (χ1v) is 9.56. The average Bonchev–Trinajstić information content (AvgIpc) is 2.75. The number of anilines is 1. The molecule has 1 aromatic rings. The van der Waals surface area contributed by atoms with E-state index >= 15 is 0 Å². The molecule has 0 saturated carbocycles. The molecule has 1 unspecified atom stereocenters. The van der Waals surface area contributed by atoms with Gasteiger partial charge in [0.05, 0.1) is 5.25 Å². The Morgan fingerprint density at radius 3 is 2.67 bits per heavy atom. The molecular weight excluding hydrogens is 340 g/mol. The van der Waals surface area contributed by atoms with E-state index in [1.165, 1.54) is 17.3 Å². The molecule has 2 rings (SSSR count). The molecule has 0 bridgehead atoms. The number of nitrogens with zero attached hydrogens (tertiary/aromatic N) is 1. The van der Waals surface area contributed by atoms with Gasteiger partial charge in [-0.2, -0.15) is 0 Å². The maximum Gasteiger partial charge on any atom is 0.241 e. The molecule has 1 aromatic carbocycles. The van der Waals surface area contributed by atoms with Gasteiger partial charge in [-0.3, -0.25) is 14.5 Å². The van der Waals surface area contributed by atoms with Crippen LogP contribution in [0.1, 0.15) is 43.7 Å². The predicted molar refractivity (Wildman–Crippen MR) is 104 cm³/mol. The fourth-order valence-electron chi connectivity index (χ4n) is 2.67. The molecule has 130 valence electrons. The largest absolute Gasteiger partial charge is 0.326 e. The van der Waals surface area contributed by atoms with Crippen molar-refractivity contribution in [1.82, 2.24) is 4.90 Å². The van der Waals surface area contributed by atoms with Gasteiger partial charge in [0.1, 0.15) is 4.32 Å². The fourth-order valence-corrected chi connectivity index (χ4v) is 4.13. The van der Waals surface area contributed by atoms with Crippen LogP contribution < -0.4 is 5.32 Å². The maximum atomic E-state index is 12.0. The summed E-state index contributed by atoms with van der Waals surface area (Å²) in [7, 11) is 0. The zero-order chi connectivity index (χ0) is 17.7. The van der Waals surface area contributed by atoms with Crippen molar-refractivity contribution in [2.75, 3.05) is 11.9 Å². The van der Waals surface area contributed by atoms with Gasteiger partial charge in [0.25, 0.3) is 0 Å². The van der Waals surface area contributed by atoms with Crippen LogP contribution >= 0.6 is 24.0 Å². The van der Waals surface area contributed by atoms with E-state index in [0.717, 1.165) is 30.5 Å². The van der Waals surface area contributed by atoms with Gasteiger partial charge in [0.2, 0.25) is 11.8 Å². The molecule has 2 amide bonds. The fraction of sp³-hybridized carbons (Fsp3) is 0.500. The Labute approximate surface area is 153 Å². The van der Waals surface area contributed by atoms with Gasteiger partial charge in [-0.15, -0.1) is 0 Å². The number of hydrogen-bond acceptors (Lipinski definition) is 4. The van der Waals surface area contributed by atoms with Crippen LogP contribution in [-0.4, -0.2) is 32.8 Å². The Morgan fingerprint density at radius 1 is 1.29 bits per heavy atom. The summed E-state index contributed by atoms with van der Waals surface area (Å²) in [6, 6.07) is 6.00. The molecule has 0 spiro atoms. The van der Waals surface area contributed by atoms with Gasteiger partial charge in [-0.25, -0.2) is 0 Å². The summed E-state index contributed by atoms with van der Waals surface area (Å²) < 4.78 is 0.681. The molecular formula is C18H24N2O2S2. The zero-order valence-electron chi connectivity index (χ0n) is 14.4. The summed E-state index contributed by atoms with van der Waals surface area (Å²) in [4.78, 5) is 25.6. The number of benzene rings is 1. The first kappa shape index (κ1) is 18.9. The summed E-state index contributed by atoms with van der Waals surface area (Å²) in [5, 5.41) is 2.91. The minimum atomic E-state index is -0.0546. The third-order valence-electron chi connectivity index (χ3n) is 4.05. The van der Waals surface area contributed by atoms with Crippen molar-refractivity contribution in [2.24, 2.45) is 0 Å². The highest BCUT2D eigenvalue weighted by Crippen LogP contribution is 2.27. The molecule has 1 heterocycles. The minimum Gasteiger partial charge on any atom is -0.326 e. The van der Waals surface area contributed by atoms with Gasteiger partial charge in [0, 0.05) is 18.7 Å². The maximum absolute atomic E-state index is 12.0. The van der Waals surface area contributed by atoms with E-state index < -0.39 is 0 Å². The van der Waals surface area contributed by atoms with Crippen molar-refractivity contribution < 1.29 is 9.59 Å². The third kappa shape index (κ3) is 5.05. The molecule has 0 radical (unpaired) electrons. The second-order valence-corrected chi connectivity index (χ2v) is 8.17. The molecule has 1 aliphatic rings. The third-order valence-corrected chi connectivity index (χ3v) is 5.54. The van der Waals surface area contributed by atoms with E-state index in [1.807, 2.05) is 32.9 Å². The van der Waals surface area contributed by atoms with E-state index in [-0.39, 0.29) is 17.1 Å². The lowest BCUT2D eigenvalue weighted by Gasteiger charge is -2.14. The first-order valence-electron chi connectivity index (χ1n) is 8.27. The van der Waals surface area contributed by atoms with Crippen LogP contribution in [0.3, 0.4) is 0 Å². The summed E-state index contributed by atoms with van der Waals surface area (Å²) in [5.74, 6) is 0.150. The number of amides is 2. The number of hydrogen-bond donors (Lipinski definition) is 1. The van der Waals surface area contributed by atoms with Gasteiger partial charge in [0.15, 0.2) is 0 Å². The number of rotatable bonds is 7. The van der Waals surface area contributed by atoms with Crippen molar-refractivity contribution in [3.05, 3.63) is 29.3 Å². The van der Waals surface area contributed by atoms with Crippen LogP contribution in [0.25, 0.3) is 0 Å². The quantitative estimate of drug-likeness (QED) is 0.586. The highest BCUT2D eigenvalue weighted by Gasteiger charge is 2.32. The van der Waals surface area contributed by atoms with Crippen LogP contribution in [-0.2, 0) is 9.59 Å². The standard InChI is InChI=1S/C18H24N2O2S2/c1-12-8-9-15(13(2)11-12)19-16(21)7-5-4-6-10-20-17(22)14(3)24-18(20)23/h8-9,11,14H,4-7,10H2,1-3H3,(H,19,21). The Morgan fingerprint density at radius 2 is 2.04 bits per heavy atom. The lowest BCUT2D eigenvalue weighted by atomic mass is 10.1. The number of thiocarbonyl (C=S) groups is 1. The van der Waals surface area contributed by atoms with Gasteiger partial charge < -0.3 is 5.32 Å². The monoisotopic (exact) mass is 364 g/mol. The molecule has 0 aliphatic carbocycles. The highest BCUT2D eigenvalue weighted by atomic mass is 32.2. The minimum absolute atomic E-state index is 0.0406. The zero-order valence-corrected chi connectivity index (χ0v) is 16.1. The highest BCUT2D eigenvalue weighted by molar-refractivity contribution is 8.24. The van der Waals surface area contributed by atoms with Crippen molar-refractivity contribution >= 4 is 45.8 Å². The number of aryl methyl sites for hydroxylation is 2. The molecule has 1 saturated heterocycles. The normalized spacial score (nSPS) is 17.5. The van der Waals surface area contributed by atoms with Gasteiger partial charge in [-0.1, -0.05) is 48.1 Å². The van der Waals surface area contributed by atoms with Crippen molar-refractivity contribution in [3.8, 4) is 0 Å². The number of thioether (sulfide) groups is 1. The van der Waals surface area contributed by atoms with E-state index in [9.17, 15) is 9.59 Å². The first-order chi connectivity index (χ1) is 11.4. The number of nitrogens with one attached hydrogen (secondary N) is 1. The average molecular weight is 365 g/mol. The smallest absolute Gasteiger partial charge is 0.241 e. The summed E-state index contributed by atoms with van der Waals surface area (Å²) in [5.41, 5.74) is 3.15. The van der Waals surface area contributed by atoms with Crippen LogP contribution in [0.15, 0.2) is 18.2 Å². The van der Waals surface area contributed by atoms with Crippen LogP contribution in [0.5, 0.6) is 0 Å². The Bertz CT molecular complexity index is 646. The molecule has 1 N–H and O–H groups in total.